The summed E-state index contributed by atoms with van der Waals surface area (Å²) in [7, 11) is 0. The maximum Gasteiger partial charge on any atom is 0.0701 e. The molecule has 11 nitrogen and oxygen atoms in total. The van der Waals surface area contributed by atoms with Crippen LogP contribution in [0.4, 0.5) is 0 Å². The molecule has 0 aromatic heterocycles. The fraction of sp³-hybridized carbons (Fsp3) is 1.00. The van der Waals surface area contributed by atoms with Crippen molar-refractivity contribution in [3.05, 3.63) is 0 Å². The van der Waals surface area contributed by atoms with Gasteiger partial charge in [0.1, 0.15) is 0 Å². The zero-order valence-electron chi connectivity index (χ0n) is 29.6. The Labute approximate surface area is 281 Å². The van der Waals surface area contributed by atoms with E-state index in [4.69, 9.17) is 52.5 Å². The van der Waals surface area contributed by atoms with Crippen molar-refractivity contribution in [2.75, 3.05) is 139 Å². The quantitative estimate of drug-likeness (QED) is 0.0862. The molecular weight excluding hydrogens is 596 g/mol. The SMILES string of the molecule is CCCCCCCCCCCCCCCOCCOCCOCCOCCOCCOCCOCCOCCOCCOCCO. The van der Waals surface area contributed by atoms with E-state index in [0.717, 1.165) is 13.0 Å². The molecule has 0 aliphatic heterocycles. The van der Waals surface area contributed by atoms with Gasteiger partial charge in [-0.2, -0.15) is 0 Å². The second kappa shape index (κ2) is 44.6. The van der Waals surface area contributed by atoms with Crippen LogP contribution in [0, 0.1) is 0 Å². The van der Waals surface area contributed by atoms with Crippen LogP contribution in [0.2, 0.25) is 0 Å². The van der Waals surface area contributed by atoms with Crippen LogP contribution in [-0.2, 0) is 47.4 Å². The highest BCUT2D eigenvalue weighted by molar-refractivity contribution is 4.49. The van der Waals surface area contributed by atoms with Gasteiger partial charge in [0, 0.05) is 6.61 Å². The minimum absolute atomic E-state index is 0.0304. The summed E-state index contributed by atoms with van der Waals surface area (Å²) in [6.07, 6.45) is 17.8. The highest BCUT2D eigenvalue weighted by Gasteiger charge is 1.97. The first-order valence-corrected chi connectivity index (χ1v) is 18.3. The number of hydrogen-bond donors (Lipinski definition) is 1. The van der Waals surface area contributed by atoms with Gasteiger partial charge in [-0.25, -0.2) is 0 Å². The highest BCUT2D eigenvalue weighted by Crippen LogP contribution is 2.12. The second-order valence-corrected chi connectivity index (χ2v) is 11.1. The highest BCUT2D eigenvalue weighted by atomic mass is 16.6. The summed E-state index contributed by atoms with van der Waals surface area (Å²) in [6, 6.07) is 0. The third kappa shape index (κ3) is 43.6. The van der Waals surface area contributed by atoms with E-state index in [1.807, 2.05) is 0 Å². The van der Waals surface area contributed by atoms with Gasteiger partial charge >= 0.3 is 0 Å². The average Bonchev–Trinajstić information content (AvgIpc) is 3.07. The zero-order valence-corrected chi connectivity index (χ0v) is 29.6. The minimum atomic E-state index is 0.0304. The smallest absolute Gasteiger partial charge is 0.0701 e. The molecule has 0 saturated carbocycles. The molecule has 0 bridgehead atoms. The van der Waals surface area contributed by atoms with Gasteiger partial charge in [0.2, 0.25) is 0 Å². The van der Waals surface area contributed by atoms with Crippen molar-refractivity contribution < 1.29 is 52.5 Å². The topological polar surface area (TPSA) is 113 Å². The largest absolute Gasteiger partial charge is 0.394 e. The predicted octanol–water partition coefficient (Wildman–Crippen LogP) is 5.24. The van der Waals surface area contributed by atoms with Crippen molar-refractivity contribution in [3.8, 4) is 0 Å². The van der Waals surface area contributed by atoms with Gasteiger partial charge in [-0.15, -0.1) is 0 Å². The average molecular weight is 669 g/mol. The fourth-order valence-corrected chi connectivity index (χ4v) is 4.37. The molecule has 0 aliphatic rings. The van der Waals surface area contributed by atoms with Gasteiger partial charge in [-0.3, -0.25) is 0 Å². The van der Waals surface area contributed by atoms with Crippen LogP contribution in [0.25, 0.3) is 0 Å². The lowest BCUT2D eigenvalue weighted by Gasteiger charge is -2.09. The summed E-state index contributed by atoms with van der Waals surface area (Å²) >= 11 is 0. The molecule has 0 radical (unpaired) electrons. The molecule has 0 heterocycles. The van der Waals surface area contributed by atoms with Crippen LogP contribution in [-0.4, -0.2) is 144 Å². The van der Waals surface area contributed by atoms with Crippen LogP contribution in [0.3, 0.4) is 0 Å². The summed E-state index contributed by atoms with van der Waals surface area (Å²) in [6.45, 7) is 13.1. The number of ether oxygens (including phenoxy) is 10. The first-order chi connectivity index (χ1) is 22.9. The van der Waals surface area contributed by atoms with Crippen molar-refractivity contribution >= 4 is 0 Å². The van der Waals surface area contributed by atoms with Gasteiger partial charge < -0.3 is 52.5 Å². The Hall–Kier alpha value is -0.440. The van der Waals surface area contributed by atoms with Crippen LogP contribution < -0.4 is 0 Å². The summed E-state index contributed by atoms with van der Waals surface area (Å²) in [5.41, 5.74) is 0. The summed E-state index contributed by atoms with van der Waals surface area (Å²) in [5, 5.41) is 8.58. The maximum absolute atomic E-state index is 8.58. The molecule has 0 fully saturated rings. The molecule has 0 unspecified atom stereocenters. The molecule has 11 heteroatoms. The van der Waals surface area contributed by atoms with E-state index in [1.165, 1.54) is 77.0 Å². The van der Waals surface area contributed by atoms with Crippen LogP contribution in [0.5, 0.6) is 0 Å². The van der Waals surface area contributed by atoms with Gasteiger partial charge in [-0.05, 0) is 6.42 Å². The molecule has 1 N–H and O–H groups in total. The Kier molecular flexibility index (Phi) is 44.1. The Bertz CT molecular complexity index is 473. The lowest BCUT2D eigenvalue weighted by molar-refractivity contribution is -0.0268. The zero-order chi connectivity index (χ0) is 33.1. The molecular formula is C35H72O11. The van der Waals surface area contributed by atoms with E-state index in [0.29, 0.717) is 126 Å². The number of aliphatic hydroxyl groups is 1. The molecule has 0 rings (SSSR count). The summed E-state index contributed by atoms with van der Waals surface area (Å²) in [4.78, 5) is 0. The maximum atomic E-state index is 8.58. The van der Waals surface area contributed by atoms with Crippen LogP contribution in [0.15, 0.2) is 0 Å². The first kappa shape index (κ1) is 45.6. The molecule has 278 valence electrons. The normalized spacial score (nSPS) is 11.6. The molecule has 0 atom stereocenters. The van der Waals surface area contributed by atoms with Crippen LogP contribution >= 0.6 is 0 Å². The summed E-state index contributed by atoms with van der Waals surface area (Å²) in [5.74, 6) is 0. The van der Waals surface area contributed by atoms with Crippen LogP contribution in [0.1, 0.15) is 90.4 Å². The lowest BCUT2D eigenvalue weighted by atomic mass is 10.0. The monoisotopic (exact) mass is 669 g/mol. The van der Waals surface area contributed by atoms with Crippen molar-refractivity contribution in [1.82, 2.24) is 0 Å². The molecule has 0 aromatic rings. The van der Waals surface area contributed by atoms with Gasteiger partial charge in [-0.1, -0.05) is 84.0 Å². The number of hydrogen-bond acceptors (Lipinski definition) is 11. The lowest BCUT2D eigenvalue weighted by Crippen LogP contribution is -2.15. The van der Waals surface area contributed by atoms with E-state index in [1.54, 1.807) is 0 Å². The summed E-state index contributed by atoms with van der Waals surface area (Å²) < 4.78 is 54.5. The number of aliphatic hydroxyl groups excluding tert-OH is 1. The molecule has 46 heavy (non-hydrogen) atoms. The molecule has 0 aliphatic carbocycles. The number of rotatable bonds is 43. The van der Waals surface area contributed by atoms with E-state index in [-0.39, 0.29) is 6.61 Å². The van der Waals surface area contributed by atoms with Gasteiger partial charge in [0.25, 0.3) is 0 Å². The molecule has 0 saturated heterocycles. The van der Waals surface area contributed by atoms with Gasteiger partial charge in [0.05, 0.1) is 132 Å². The Balaban J connectivity index is 3.03. The molecule has 0 spiro atoms. The standard InChI is InChI=1S/C35H72O11/c1-2-3-4-5-6-7-8-9-10-11-12-13-14-16-37-18-20-39-22-24-41-26-28-43-30-32-45-34-35-46-33-31-44-29-27-42-25-23-40-21-19-38-17-15-36/h36H,2-35H2,1H3. The van der Waals surface area contributed by atoms with Crippen molar-refractivity contribution in [2.45, 2.75) is 90.4 Å². The Morgan fingerprint density at radius 2 is 0.435 bits per heavy atom. The van der Waals surface area contributed by atoms with E-state index >= 15 is 0 Å². The predicted molar refractivity (Wildman–Crippen MR) is 181 cm³/mol. The first-order valence-electron chi connectivity index (χ1n) is 18.3. The molecule has 0 amide bonds. The minimum Gasteiger partial charge on any atom is -0.394 e. The Morgan fingerprint density at radius 1 is 0.239 bits per heavy atom. The van der Waals surface area contributed by atoms with Crippen molar-refractivity contribution in [2.24, 2.45) is 0 Å². The molecule has 0 aromatic carbocycles. The van der Waals surface area contributed by atoms with E-state index in [2.05, 4.69) is 6.92 Å². The van der Waals surface area contributed by atoms with E-state index in [9.17, 15) is 0 Å². The van der Waals surface area contributed by atoms with Crippen molar-refractivity contribution in [3.63, 3.8) is 0 Å². The second-order valence-electron chi connectivity index (χ2n) is 11.1. The van der Waals surface area contributed by atoms with Crippen molar-refractivity contribution in [1.29, 1.82) is 0 Å². The third-order valence-electron chi connectivity index (χ3n) is 6.98. The fourth-order valence-electron chi connectivity index (χ4n) is 4.37. The Morgan fingerprint density at radius 3 is 0.674 bits per heavy atom. The van der Waals surface area contributed by atoms with E-state index < -0.39 is 0 Å². The van der Waals surface area contributed by atoms with Gasteiger partial charge in [0.15, 0.2) is 0 Å². The number of unbranched alkanes of at least 4 members (excludes halogenated alkanes) is 12. The third-order valence-corrected chi connectivity index (χ3v) is 6.98.